The molecule has 2 aliphatic heterocycles. The Morgan fingerprint density at radius 1 is 0.780 bits per heavy atom. The second-order valence-electron chi connectivity index (χ2n) is 10.4. The summed E-state index contributed by atoms with van der Waals surface area (Å²) in [5, 5.41) is 70.7. The molecule has 1 aromatic carbocycles. The van der Waals surface area contributed by atoms with Crippen molar-refractivity contribution < 1.29 is 59.5 Å². The summed E-state index contributed by atoms with van der Waals surface area (Å²) >= 11 is 1.33. The van der Waals surface area contributed by atoms with Crippen molar-refractivity contribution in [3.8, 4) is 5.75 Å². The Morgan fingerprint density at radius 3 is 2.05 bits per heavy atom. The number of rotatable bonds is 16. The Labute approximate surface area is 244 Å². The number of thioether (sulfide) groups is 1. The summed E-state index contributed by atoms with van der Waals surface area (Å²) in [6.07, 6.45) is -6.93. The number of ether oxygens (including phenoxy) is 4. The molecule has 0 radical (unpaired) electrons. The first-order valence-corrected chi connectivity index (χ1v) is 15.2. The van der Waals surface area contributed by atoms with Crippen LogP contribution >= 0.6 is 11.8 Å². The van der Waals surface area contributed by atoms with Crippen LogP contribution in [0.4, 0.5) is 0 Å². The molecule has 0 amide bonds. The van der Waals surface area contributed by atoms with Crippen molar-refractivity contribution in [3.63, 3.8) is 0 Å². The summed E-state index contributed by atoms with van der Waals surface area (Å²) in [5.41, 5.74) is -0.145. The molecular weight excluding hydrogens is 560 g/mol. The van der Waals surface area contributed by atoms with Crippen LogP contribution in [0.3, 0.4) is 0 Å². The molecule has 2 aliphatic rings. The van der Waals surface area contributed by atoms with Gasteiger partial charge in [-0.1, -0.05) is 25.7 Å². The number of ketones is 1. The fourth-order valence-electron chi connectivity index (χ4n) is 4.78. The molecule has 0 bridgehead atoms. The van der Waals surface area contributed by atoms with Crippen molar-refractivity contribution in [2.24, 2.45) is 0 Å². The second kappa shape index (κ2) is 17.1. The predicted octanol–water partition coefficient (Wildman–Crippen LogP) is -0.0341. The highest BCUT2D eigenvalue weighted by Crippen LogP contribution is 2.33. The monoisotopic (exact) mass is 604 g/mol. The van der Waals surface area contributed by atoms with E-state index in [1.807, 2.05) is 0 Å². The molecule has 0 spiro atoms. The molecule has 0 aliphatic carbocycles. The standard InChI is InChI=1S/C28H44O12S/c1-16(31)17-8-10-18(11-9-17)37-12-6-4-2-3-5-7-13-41-28-25(36)23(34)26(20(15-30)39-28)40-27-24(35)22(33)21(32)19(14-29)38-27/h8-11,19-30,32-36H,2-7,12-15H2,1H3/t19-,20-,21-,22+,23-,24-,25-,26-,27-,28+/m1/s1. The first-order chi connectivity index (χ1) is 19.7. The van der Waals surface area contributed by atoms with Gasteiger partial charge in [0.1, 0.15) is 60.0 Å². The summed E-state index contributed by atoms with van der Waals surface area (Å²) in [6, 6.07) is 7.12. The van der Waals surface area contributed by atoms with E-state index in [9.17, 15) is 40.5 Å². The number of benzene rings is 1. The Balaban J connectivity index is 1.31. The van der Waals surface area contributed by atoms with Gasteiger partial charge in [0.05, 0.1) is 19.8 Å². The maximum Gasteiger partial charge on any atom is 0.187 e. The van der Waals surface area contributed by atoms with E-state index >= 15 is 0 Å². The molecule has 2 heterocycles. The zero-order chi connectivity index (χ0) is 29.9. The van der Waals surface area contributed by atoms with Crippen molar-refractivity contribution in [1.82, 2.24) is 0 Å². The maximum atomic E-state index is 11.3. The molecule has 0 unspecified atom stereocenters. The van der Waals surface area contributed by atoms with Crippen molar-refractivity contribution in [2.45, 2.75) is 106 Å². The molecule has 13 heteroatoms. The largest absolute Gasteiger partial charge is 0.494 e. The van der Waals surface area contributed by atoms with Crippen molar-refractivity contribution in [1.29, 1.82) is 0 Å². The second-order valence-corrected chi connectivity index (χ2v) is 11.6. The minimum absolute atomic E-state index is 0.0257. The van der Waals surface area contributed by atoms with Gasteiger partial charge in [-0.3, -0.25) is 4.79 Å². The van der Waals surface area contributed by atoms with Crippen LogP contribution in [0.2, 0.25) is 0 Å². The van der Waals surface area contributed by atoms with E-state index < -0.39 is 73.8 Å². The van der Waals surface area contributed by atoms with Gasteiger partial charge in [-0.15, -0.1) is 11.8 Å². The van der Waals surface area contributed by atoms with Gasteiger partial charge < -0.3 is 54.7 Å². The van der Waals surface area contributed by atoms with Crippen LogP contribution in [0.5, 0.6) is 5.75 Å². The Hall–Kier alpha value is -1.36. The number of hydrogen-bond acceptors (Lipinski definition) is 13. The minimum Gasteiger partial charge on any atom is -0.494 e. The van der Waals surface area contributed by atoms with Crippen molar-refractivity contribution in [3.05, 3.63) is 29.8 Å². The predicted molar refractivity (Wildman–Crippen MR) is 149 cm³/mol. The van der Waals surface area contributed by atoms with Gasteiger partial charge in [-0.25, -0.2) is 0 Å². The van der Waals surface area contributed by atoms with Crippen LogP contribution in [0.15, 0.2) is 24.3 Å². The lowest BCUT2D eigenvalue weighted by Gasteiger charge is -2.46. The maximum absolute atomic E-state index is 11.3. The number of hydrogen-bond donors (Lipinski definition) is 7. The van der Waals surface area contributed by atoms with E-state index in [-0.39, 0.29) is 5.78 Å². The van der Waals surface area contributed by atoms with Crippen LogP contribution in [-0.4, -0.2) is 128 Å². The molecule has 1 aromatic rings. The zero-order valence-electron chi connectivity index (χ0n) is 23.2. The highest BCUT2D eigenvalue weighted by atomic mass is 32.2. The lowest BCUT2D eigenvalue weighted by molar-refractivity contribution is -0.338. The molecule has 10 atom stereocenters. The van der Waals surface area contributed by atoms with Crippen LogP contribution in [-0.2, 0) is 14.2 Å². The molecule has 2 saturated heterocycles. The van der Waals surface area contributed by atoms with E-state index in [4.69, 9.17) is 18.9 Å². The van der Waals surface area contributed by atoms with E-state index in [2.05, 4.69) is 0 Å². The molecule has 41 heavy (non-hydrogen) atoms. The molecule has 7 N–H and O–H groups in total. The molecule has 0 saturated carbocycles. The van der Waals surface area contributed by atoms with Crippen LogP contribution in [0, 0.1) is 0 Å². The van der Waals surface area contributed by atoms with Gasteiger partial charge in [-0.05, 0) is 49.8 Å². The fraction of sp³-hybridized carbons (Fsp3) is 0.750. The zero-order valence-corrected chi connectivity index (χ0v) is 24.1. The van der Waals surface area contributed by atoms with Gasteiger partial charge in [0.25, 0.3) is 0 Å². The molecule has 2 fully saturated rings. The number of aliphatic hydroxyl groups excluding tert-OH is 7. The lowest BCUT2D eigenvalue weighted by Crippen LogP contribution is -2.64. The molecule has 234 valence electrons. The van der Waals surface area contributed by atoms with Crippen LogP contribution < -0.4 is 4.74 Å². The number of aliphatic hydroxyl groups is 7. The van der Waals surface area contributed by atoms with E-state index in [1.165, 1.54) is 18.7 Å². The summed E-state index contributed by atoms with van der Waals surface area (Å²) in [4.78, 5) is 11.3. The van der Waals surface area contributed by atoms with Gasteiger partial charge in [0.2, 0.25) is 0 Å². The molecule has 3 rings (SSSR count). The Morgan fingerprint density at radius 2 is 1.41 bits per heavy atom. The highest BCUT2D eigenvalue weighted by molar-refractivity contribution is 7.99. The lowest BCUT2D eigenvalue weighted by atomic mass is 9.97. The average Bonchev–Trinajstić information content (AvgIpc) is 2.97. The normalized spacial score (nSPS) is 34.0. The average molecular weight is 605 g/mol. The highest BCUT2D eigenvalue weighted by Gasteiger charge is 2.50. The molecule has 12 nitrogen and oxygen atoms in total. The number of unbranched alkanes of at least 4 members (excludes halogenated alkanes) is 5. The van der Waals surface area contributed by atoms with Crippen molar-refractivity contribution in [2.75, 3.05) is 25.6 Å². The fourth-order valence-corrected chi connectivity index (χ4v) is 5.96. The SMILES string of the molecule is CC(=O)c1ccc(OCCCCCCCCS[C@@H]2O[C@H](CO)[C@@H](O[C@H]3O[C@H](CO)[C@@H](O)[C@H](O)[C@H]3O)[C@H](O)[C@H]2O)cc1. The van der Waals surface area contributed by atoms with Gasteiger partial charge in [0, 0.05) is 5.56 Å². The van der Waals surface area contributed by atoms with E-state index in [0.717, 1.165) is 44.3 Å². The summed E-state index contributed by atoms with van der Waals surface area (Å²) in [6.45, 7) is 0.951. The summed E-state index contributed by atoms with van der Waals surface area (Å²) in [5.74, 6) is 1.45. The van der Waals surface area contributed by atoms with E-state index in [1.54, 1.807) is 24.3 Å². The third-order valence-corrected chi connectivity index (χ3v) is 8.55. The first-order valence-electron chi connectivity index (χ1n) is 14.1. The Kier molecular flexibility index (Phi) is 14.2. The van der Waals surface area contributed by atoms with Crippen LogP contribution in [0.1, 0.15) is 55.8 Å². The summed E-state index contributed by atoms with van der Waals surface area (Å²) < 4.78 is 22.4. The molecular formula is C28H44O12S. The van der Waals surface area contributed by atoms with Crippen LogP contribution in [0.25, 0.3) is 0 Å². The van der Waals surface area contributed by atoms with Crippen molar-refractivity contribution >= 4 is 17.5 Å². The number of carbonyl (C=O) groups is 1. The quantitative estimate of drug-likeness (QED) is 0.0982. The first kappa shape index (κ1) is 34.1. The minimum atomic E-state index is -1.69. The Bertz CT molecular complexity index is 901. The molecule has 0 aromatic heterocycles. The van der Waals surface area contributed by atoms with Gasteiger partial charge in [-0.2, -0.15) is 0 Å². The third-order valence-electron chi connectivity index (χ3n) is 7.31. The summed E-state index contributed by atoms with van der Waals surface area (Å²) in [7, 11) is 0. The van der Waals surface area contributed by atoms with Gasteiger partial charge in [0.15, 0.2) is 12.1 Å². The number of Topliss-reactive ketones (excluding diaryl/α,β-unsaturated/α-hetero) is 1. The smallest absolute Gasteiger partial charge is 0.187 e. The third kappa shape index (κ3) is 9.57. The van der Waals surface area contributed by atoms with Gasteiger partial charge >= 0.3 is 0 Å². The topological polar surface area (TPSA) is 196 Å². The number of carbonyl (C=O) groups excluding carboxylic acids is 1. The van der Waals surface area contributed by atoms with E-state index in [0.29, 0.717) is 17.9 Å².